The molecule has 0 aromatic carbocycles. The standard InChI is InChI=1S/C11H13ClN2O3/c12-9-4-6-13-7-8(9)11(17)14-5-2-1-3-10(15)16/h4,6-7H,1-3,5H2,(H,14,17)(H,15,16). The molecule has 0 bridgehead atoms. The molecule has 6 heteroatoms. The van der Waals surface area contributed by atoms with E-state index in [2.05, 4.69) is 10.3 Å². The molecule has 2 N–H and O–H groups in total. The first-order valence-corrected chi connectivity index (χ1v) is 5.58. The topological polar surface area (TPSA) is 79.3 Å². The number of halogens is 1. The molecule has 1 rings (SSSR count). The van der Waals surface area contributed by atoms with Crippen molar-refractivity contribution < 1.29 is 14.7 Å². The largest absolute Gasteiger partial charge is 0.481 e. The van der Waals surface area contributed by atoms with Crippen LogP contribution in [0, 0.1) is 0 Å². The Morgan fingerprint density at radius 2 is 2.18 bits per heavy atom. The maximum atomic E-state index is 11.6. The van der Waals surface area contributed by atoms with Gasteiger partial charge in [-0.3, -0.25) is 14.6 Å². The van der Waals surface area contributed by atoms with Crippen LogP contribution in [0.3, 0.4) is 0 Å². The Morgan fingerprint density at radius 3 is 2.82 bits per heavy atom. The van der Waals surface area contributed by atoms with Crippen molar-refractivity contribution >= 4 is 23.5 Å². The predicted octanol–water partition coefficient (Wildman–Crippen LogP) is 1.72. The molecule has 92 valence electrons. The second-order valence-corrected chi connectivity index (χ2v) is 3.87. The number of hydrogen-bond acceptors (Lipinski definition) is 3. The van der Waals surface area contributed by atoms with Gasteiger partial charge < -0.3 is 10.4 Å². The van der Waals surface area contributed by atoms with Gasteiger partial charge in [0.1, 0.15) is 0 Å². The molecule has 17 heavy (non-hydrogen) atoms. The summed E-state index contributed by atoms with van der Waals surface area (Å²) in [6, 6.07) is 1.54. The zero-order valence-corrected chi connectivity index (χ0v) is 9.91. The number of carbonyl (C=O) groups excluding carboxylic acids is 1. The summed E-state index contributed by atoms with van der Waals surface area (Å²) < 4.78 is 0. The first-order valence-electron chi connectivity index (χ1n) is 5.21. The summed E-state index contributed by atoms with van der Waals surface area (Å²) in [6.07, 6.45) is 4.18. The predicted molar refractivity (Wildman–Crippen MR) is 63.1 cm³/mol. The van der Waals surface area contributed by atoms with Gasteiger partial charge in [0.2, 0.25) is 0 Å². The van der Waals surface area contributed by atoms with Crippen LogP contribution in [0.15, 0.2) is 18.5 Å². The van der Waals surface area contributed by atoms with Crippen molar-refractivity contribution in [3.8, 4) is 0 Å². The van der Waals surface area contributed by atoms with E-state index < -0.39 is 5.97 Å². The fraction of sp³-hybridized carbons (Fsp3) is 0.364. The van der Waals surface area contributed by atoms with Crippen molar-refractivity contribution in [2.45, 2.75) is 19.3 Å². The van der Waals surface area contributed by atoms with Crippen LogP contribution in [0.1, 0.15) is 29.6 Å². The zero-order valence-electron chi connectivity index (χ0n) is 9.15. The molecule has 0 unspecified atom stereocenters. The van der Waals surface area contributed by atoms with Crippen molar-refractivity contribution in [2.24, 2.45) is 0 Å². The second-order valence-electron chi connectivity index (χ2n) is 3.46. The Balaban J connectivity index is 2.31. The lowest BCUT2D eigenvalue weighted by molar-refractivity contribution is -0.137. The van der Waals surface area contributed by atoms with E-state index >= 15 is 0 Å². The minimum absolute atomic E-state index is 0.115. The number of hydrogen-bond donors (Lipinski definition) is 2. The van der Waals surface area contributed by atoms with Crippen LogP contribution in [0.4, 0.5) is 0 Å². The van der Waals surface area contributed by atoms with Crippen LogP contribution in [0.5, 0.6) is 0 Å². The molecule has 0 atom stereocenters. The molecule has 0 aliphatic carbocycles. The molecule has 1 aromatic rings. The average molecular weight is 257 g/mol. The lowest BCUT2D eigenvalue weighted by atomic mass is 10.2. The summed E-state index contributed by atoms with van der Waals surface area (Å²) in [6.45, 7) is 0.428. The highest BCUT2D eigenvalue weighted by Gasteiger charge is 2.09. The van der Waals surface area contributed by atoms with Crippen LogP contribution in [-0.4, -0.2) is 28.5 Å². The van der Waals surface area contributed by atoms with Gasteiger partial charge in [-0.2, -0.15) is 0 Å². The van der Waals surface area contributed by atoms with Crippen LogP contribution in [-0.2, 0) is 4.79 Å². The first kappa shape index (κ1) is 13.4. The summed E-state index contributed by atoms with van der Waals surface area (Å²) in [5, 5.41) is 11.4. The molecule has 0 saturated carbocycles. The van der Waals surface area contributed by atoms with Crippen molar-refractivity contribution in [1.29, 1.82) is 0 Å². The highest BCUT2D eigenvalue weighted by molar-refractivity contribution is 6.33. The Morgan fingerprint density at radius 1 is 1.41 bits per heavy atom. The number of amides is 1. The highest BCUT2D eigenvalue weighted by Crippen LogP contribution is 2.12. The monoisotopic (exact) mass is 256 g/mol. The molecule has 0 radical (unpaired) electrons. The second kappa shape index (κ2) is 6.85. The molecule has 1 amide bonds. The number of pyridine rings is 1. The average Bonchev–Trinajstić information content (AvgIpc) is 2.28. The summed E-state index contributed by atoms with van der Waals surface area (Å²) in [7, 11) is 0. The summed E-state index contributed by atoms with van der Waals surface area (Å²) in [4.78, 5) is 25.7. The van der Waals surface area contributed by atoms with Gasteiger partial charge in [-0.1, -0.05) is 11.6 Å². The van der Waals surface area contributed by atoms with Gasteiger partial charge in [0, 0.05) is 25.4 Å². The molecule has 1 heterocycles. The quantitative estimate of drug-likeness (QED) is 0.760. The third-order valence-electron chi connectivity index (χ3n) is 2.12. The number of unbranched alkanes of at least 4 members (excludes halogenated alkanes) is 1. The van der Waals surface area contributed by atoms with Crippen molar-refractivity contribution in [3.63, 3.8) is 0 Å². The van der Waals surface area contributed by atoms with Crippen LogP contribution in [0.2, 0.25) is 5.02 Å². The fourth-order valence-corrected chi connectivity index (χ4v) is 1.43. The van der Waals surface area contributed by atoms with Gasteiger partial charge in [-0.05, 0) is 18.9 Å². The molecule has 0 saturated heterocycles. The number of nitrogens with zero attached hydrogens (tertiary/aromatic N) is 1. The number of carboxylic acids is 1. The van der Waals surface area contributed by atoms with E-state index in [-0.39, 0.29) is 12.3 Å². The van der Waals surface area contributed by atoms with Crippen molar-refractivity contribution in [1.82, 2.24) is 10.3 Å². The van der Waals surface area contributed by atoms with Crippen LogP contribution in [0.25, 0.3) is 0 Å². The van der Waals surface area contributed by atoms with Gasteiger partial charge in [-0.15, -0.1) is 0 Å². The van der Waals surface area contributed by atoms with E-state index in [0.717, 1.165) is 0 Å². The molecular formula is C11H13ClN2O3. The molecule has 1 aromatic heterocycles. The van der Waals surface area contributed by atoms with E-state index in [9.17, 15) is 9.59 Å². The van der Waals surface area contributed by atoms with E-state index in [1.807, 2.05) is 0 Å². The Bertz CT molecular complexity index is 409. The van der Waals surface area contributed by atoms with Gasteiger partial charge in [-0.25, -0.2) is 0 Å². The molecule has 5 nitrogen and oxygen atoms in total. The Kier molecular flexibility index (Phi) is 5.42. The number of rotatable bonds is 6. The van der Waals surface area contributed by atoms with Crippen LogP contribution >= 0.6 is 11.6 Å². The maximum absolute atomic E-state index is 11.6. The smallest absolute Gasteiger partial charge is 0.303 e. The number of aliphatic carboxylic acids is 1. The first-order chi connectivity index (χ1) is 8.11. The molecule has 0 aliphatic rings. The summed E-state index contributed by atoms with van der Waals surface area (Å²) in [5.41, 5.74) is 0.326. The zero-order chi connectivity index (χ0) is 12.7. The van der Waals surface area contributed by atoms with Crippen molar-refractivity contribution in [3.05, 3.63) is 29.0 Å². The highest BCUT2D eigenvalue weighted by atomic mass is 35.5. The number of carboxylic acid groups (broad SMARTS) is 1. The Hall–Kier alpha value is -1.62. The van der Waals surface area contributed by atoms with Gasteiger partial charge in [0.05, 0.1) is 10.6 Å². The van der Waals surface area contributed by atoms with Gasteiger partial charge in [0.25, 0.3) is 5.91 Å². The molecular weight excluding hydrogens is 244 g/mol. The normalized spacial score (nSPS) is 9.94. The number of carbonyl (C=O) groups is 2. The third-order valence-corrected chi connectivity index (χ3v) is 2.45. The van der Waals surface area contributed by atoms with Crippen LogP contribution < -0.4 is 5.32 Å². The van der Waals surface area contributed by atoms with Gasteiger partial charge >= 0.3 is 5.97 Å². The minimum Gasteiger partial charge on any atom is -0.481 e. The SMILES string of the molecule is O=C(O)CCCCNC(=O)c1cnccc1Cl. The molecule has 0 spiro atoms. The number of aromatic nitrogens is 1. The molecule has 0 aliphatic heterocycles. The molecule has 0 fully saturated rings. The minimum atomic E-state index is -0.827. The van der Waals surface area contributed by atoms with E-state index in [1.54, 1.807) is 6.07 Å². The summed E-state index contributed by atoms with van der Waals surface area (Å²) in [5.74, 6) is -1.12. The number of nitrogens with one attached hydrogen (secondary N) is 1. The third kappa shape index (κ3) is 4.82. The van der Waals surface area contributed by atoms with E-state index in [0.29, 0.717) is 30.0 Å². The maximum Gasteiger partial charge on any atom is 0.303 e. The summed E-state index contributed by atoms with van der Waals surface area (Å²) >= 11 is 5.82. The lowest BCUT2D eigenvalue weighted by Gasteiger charge is -2.05. The van der Waals surface area contributed by atoms with Gasteiger partial charge in [0.15, 0.2) is 0 Å². The van der Waals surface area contributed by atoms with E-state index in [4.69, 9.17) is 16.7 Å². The Labute approximate surface area is 104 Å². The van der Waals surface area contributed by atoms with Crippen molar-refractivity contribution in [2.75, 3.05) is 6.54 Å². The fourth-order valence-electron chi connectivity index (χ4n) is 1.24. The van der Waals surface area contributed by atoms with E-state index in [1.165, 1.54) is 12.4 Å². The lowest BCUT2D eigenvalue weighted by Crippen LogP contribution is -2.24.